The summed E-state index contributed by atoms with van der Waals surface area (Å²) < 4.78 is 13.7. The normalized spacial score (nSPS) is 19.3. The minimum absolute atomic E-state index is 0.251. The van der Waals surface area contributed by atoms with Crippen LogP contribution in [0.25, 0.3) is 11.3 Å². The Bertz CT molecular complexity index is 561. The number of rotatable bonds is 2. The maximum Gasteiger partial charge on any atom is 0.132 e. The van der Waals surface area contributed by atoms with E-state index in [0.717, 1.165) is 25.2 Å². The number of nitrogens with zero attached hydrogens (tertiary/aromatic N) is 1. The lowest BCUT2D eigenvalue weighted by Crippen LogP contribution is -2.14. The number of aromatic amines is 1. The molecule has 2 aromatic rings. The fourth-order valence-corrected chi connectivity index (χ4v) is 2.44. The van der Waals surface area contributed by atoms with Gasteiger partial charge in [0, 0.05) is 10.6 Å². The van der Waals surface area contributed by atoms with Gasteiger partial charge in [-0.05, 0) is 37.6 Å². The van der Waals surface area contributed by atoms with E-state index in [0.29, 0.717) is 16.3 Å². The van der Waals surface area contributed by atoms with E-state index in [1.54, 1.807) is 12.3 Å². The highest BCUT2D eigenvalue weighted by molar-refractivity contribution is 6.30. The monoisotopic (exact) mass is 265 g/mol. The van der Waals surface area contributed by atoms with Crippen molar-refractivity contribution in [2.75, 3.05) is 6.54 Å². The van der Waals surface area contributed by atoms with Gasteiger partial charge < -0.3 is 10.3 Å². The molecule has 18 heavy (non-hydrogen) atoms. The fourth-order valence-electron chi connectivity index (χ4n) is 2.27. The average molecular weight is 266 g/mol. The number of benzene rings is 1. The van der Waals surface area contributed by atoms with Crippen LogP contribution in [-0.4, -0.2) is 16.5 Å². The van der Waals surface area contributed by atoms with Crippen LogP contribution in [0.15, 0.2) is 24.4 Å². The fraction of sp³-hybridized carbons (Fsp3) is 0.308. The lowest BCUT2D eigenvalue weighted by atomic mass is 10.1. The third kappa shape index (κ3) is 2.13. The molecule has 0 radical (unpaired) electrons. The van der Waals surface area contributed by atoms with Crippen LogP contribution in [0.3, 0.4) is 0 Å². The van der Waals surface area contributed by atoms with Crippen molar-refractivity contribution in [2.45, 2.75) is 18.9 Å². The molecule has 0 saturated carbocycles. The van der Waals surface area contributed by atoms with Crippen molar-refractivity contribution in [1.82, 2.24) is 15.3 Å². The first-order chi connectivity index (χ1) is 8.74. The Morgan fingerprint density at radius 1 is 1.39 bits per heavy atom. The van der Waals surface area contributed by atoms with E-state index in [9.17, 15) is 4.39 Å². The van der Waals surface area contributed by atoms with Gasteiger partial charge in [-0.2, -0.15) is 0 Å². The van der Waals surface area contributed by atoms with Gasteiger partial charge in [0.25, 0.3) is 0 Å². The highest BCUT2D eigenvalue weighted by atomic mass is 35.5. The van der Waals surface area contributed by atoms with Crippen LogP contribution in [0.2, 0.25) is 5.02 Å². The van der Waals surface area contributed by atoms with Gasteiger partial charge in [-0.15, -0.1) is 0 Å². The summed E-state index contributed by atoms with van der Waals surface area (Å²) in [6.45, 7) is 1.01. The predicted molar refractivity (Wildman–Crippen MR) is 69.0 cm³/mol. The Balaban J connectivity index is 1.94. The van der Waals surface area contributed by atoms with Crippen molar-refractivity contribution in [1.29, 1.82) is 0 Å². The summed E-state index contributed by atoms with van der Waals surface area (Å²) in [5.74, 6) is 0.566. The van der Waals surface area contributed by atoms with Gasteiger partial charge in [-0.1, -0.05) is 11.6 Å². The summed E-state index contributed by atoms with van der Waals surface area (Å²) in [6.07, 6.45) is 3.86. The summed E-state index contributed by atoms with van der Waals surface area (Å²) in [5, 5.41) is 3.87. The molecule has 1 saturated heterocycles. The molecule has 3 nitrogen and oxygen atoms in total. The lowest BCUT2D eigenvalue weighted by molar-refractivity contribution is 0.612. The molecule has 0 bridgehead atoms. The molecule has 1 aliphatic rings. The minimum Gasteiger partial charge on any atom is -0.341 e. The zero-order chi connectivity index (χ0) is 12.5. The number of hydrogen-bond donors (Lipinski definition) is 2. The van der Waals surface area contributed by atoms with Crippen LogP contribution < -0.4 is 5.32 Å². The van der Waals surface area contributed by atoms with Gasteiger partial charge in [0.1, 0.15) is 11.6 Å². The minimum atomic E-state index is -0.297. The molecular formula is C13H13ClFN3. The standard InChI is InChI=1S/C13H13ClFN3/c14-8-3-4-10(15)9(6-8)12-7-17-13(18-12)11-2-1-5-16-11/h3-4,6-7,11,16H,1-2,5H2,(H,17,18). The summed E-state index contributed by atoms with van der Waals surface area (Å²) in [7, 11) is 0. The maximum atomic E-state index is 13.7. The van der Waals surface area contributed by atoms with Gasteiger partial charge in [0.15, 0.2) is 0 Å². The van der Waals surface area contributed by atoms with E-state index < -0.39 is 0 Å². The Morgan fingerprint density at radius 3 is 3.06 bits per heavy atom. The highest BCUT2D eigenvalue weighted by Crippen LogP contribution is 2.27. The smallest absolute Gasteiger partial charge is 0.132 e. The third-order valence-electron chi connectivity index (χ3n) is 3.20. The van der Waals surface area contributed by atoms with Crippen molar-refractivity contribution in [3.8, 4) is 11.3 Å². The third-order valence-corrected chi connectivity index (χ3v) is 3.44. The molecule has 1 aromatic carbocycles. The van der Waals surface area contributed by atoms with Crippen LogP contribution >= 0.6 is 11.6 Å². The highest BCUT2D eigenvalue weighted by Gasteiger charge is 2.19. The number of halogens is 2. The molecule has 0 aliphatic carbocycles. The first-order valence-electron chi connectivity index (χ1n) is 5.98. The molecule has 2 N–H and O–H groups in total. The zero-order valence-corrected chi connectivity index (χ0v) is 10.5. The molecule has 1 fully saturated rings. The van der Waals surface area contributed by atoms with Gasteiger partial charge >= 0.3 is 0 Å². The van der Waals surface area contributed by atoms with Gasteiger partial charge in [0.2, 0.25) is 0 Å². The largest absolute Gasteiger partial charge is 0.341 e. The predicted octanol–water partition coefficient (Wildman–Crippen LogP) is 3.29. The number of H-pyrrole nitrogens is 1. The van der Waals surface area contributed by atoms with Crippen LogP contribution in [0.5, 0.6) is 0 Å². The zero-order valence-electron chi connectivity index (χ0n) is 9.71. The summed E-state index contributed by atoms with van der Waals surface area (Å²) >= 11 is 5.89. The second-order valence-corrected chi connectivity index (χ2v) is 4.89. The van der Waals surface area contributed by atoms with Gasteiger partial charge in [-0.3, -0.25) is 0 Å². The molecule has 1 unspecified atom stereocenters. The Hall–Kier alpha value is -1.39. The lowest BCUT2D eigenvalue weighted by Gasteiger charge is -2.05. The molecule has 3 rings (SSSR count). The van der Waals surface area contributed by atoms with E-state index >= 15 is 0 Å². The molecule has 5 heteroatoms. The van der Waals surface area contributed by atoms with Crippen molar-refractivity contribution in [3.05, 3.63) is 41.1 Å². The summed E-state index contributed by atoms with van der Waals surface area (Å²) in [4.78, 5) is 7.48. The van der Waals surface area contributed by atoms with Gasteiger partial charge in [-0.25, -0.2) is 9.37 Å². The van der Waals surface area contributed by atoms with E-state index in [4.69, 9.17) is 11.6 Å². The first-order valence-corrected chi connectivity index (χ1v) is 6.35. The Labute approximate surface area is 109 Å². The summed E-state index contributed by atoms with van der Waals surface area (Å²) in [5.41, 5.74) is 1.12. The SMILES string of the molecule is Fc1ccc(Cl)cc1-c1cnc(C2CCCN2)[nH]1. The average Bonchev–Trinajstić information content (AvgIpc) is 3.00. The Kier molecular flexibility index (Phi) is 3.06. The van der Waals surface area contributed by atoms with Crippen LogP contribution in [-0.2, 0) is 0 Å². The van der Waals surface area contributed by atoms with Crippen LogP contribution in [0.4, 0.5) is 4.39 Å². The van der Waals surface area contributed by atoms with E-state index in [-0.39, 0.29) is 11.9 Å². The van der Waals surface area contributed by atoms with Crippen molar-refractivity contribution in [2.24, 2.45) is 0 Å². The van der Waals surface area contributed by atoms with Crippen molar-refractivity contribution >= 4 is 11.6 Å². The molecule has 0 amide bonds. The number of nitrogens with one attached hydrogen (secondary N) is 2. The van der Waals surface area contributed by atoms with Crippen LogP contribution in [0.1, 0.15) is 24.7 Å². The second-order valence-electron chi connectivity index (χ2n) is 4.46. The molecule has 1 aromatic heterocycles. The quantitative estimate of drug-likeness (QED) is 0.875. The van der Waals surface area contributed by atoms with E-state index in [1.165, 1.54) is 12.1 Å². The second kappa shape index (κ2) is 4.71. The van der Waals surface area contributed by atoms with Crippen molar-refractivity contribution in [3.63, 3.8) is 0 Å². The topological polar surface area (TPSA) is 40.7 Å². The van der Waals surface area contributed by atoms with E-state index in [2.05, 4.69) is 15.3 Å². The molecule has 1 atom stereocenters. The van der Waals surface area contributed by atoms with E-state index in [1.807, 2.05) is 0 Å². The maximum absolute atomic E-state index is 13.7. The molecular weight excluding hydrogens is 253 g/mol. The number of hydrogen-bond acceptors (Lipinski definition) is 2. The van der Waals surface area contributed by atoms with Gasteiger partial charge in [0.05, 0.1) is 17.9 Å². The van der Waals surface area contributed by atoms with Crippen LogP contribution in [0, 0.1) is 5.82 Å². The first kappa shape index (κ1) is 11.7. The summed E-state index contributed by atoms with van der Waals surface area (Å²) in [6, 6.07) is 4.76. The Morgan fingerprint density at radius 2 is 2.28 bits per heavy atom. The number of imidazole rings is 1. The molecule has 1 aliphatic heterocycles. The molecule has 0 spiro atoms. The van der Waals surface area contributed by atoms with Crippen molar-refractivity contribution < 1.29 is 4.39 Å². The molecule has 2 heterocycles. The number of aromatic nitrogens is 2. The molecule has 94 valence electrons.